The van der Waals surface area contributed by atoms with Gasteiger partial charge in [-0.25, -0.2) is 0 Å². The third-order valence-electron chi connectivity index (χ3n) is 4.25. The van der Waals surface area contributed by atoms with Crippen LogP contribution >= 0.6 is 0 Å². The molecular weight excluding hydrogens is 311 g/mol. The van der Waals surface area contributed by atoms with Crippen molar-refractivity contribution >= 4 is 57.4 Å². The van der Waals surface area contributed by atoms with Gasteiger partial charge in [0, 0.05) is 6.42 Å². The molecule has 134 valence electrons. The van der Waals surface area contributed by atoms with Crippen LogP contribution < -0.4 is 0 Å². The normalized spacial score (nSPS) is 10.3. The average Bonchev–Trinajstić information content (AvgIpc) is 2.52. The summed E-state index contributed by atoms with van der Waals surface area (Å²) in [5.41, 5.74) is 0. The van der Waals surface area contributed by atoms with E-state index in [1.54, 1.807) is 0 Å². The Morgan fingerprint density at radius 3 is 1.43 bits per heavy atom. The minimum absolute atomic E-state index is 0. The van der Waals surface area contributed by atoms with Crippen molar-refractivity contribution in [2.24, 2.45) is 0 Å². The predicted molar refractivity (Wildman–Crippen MR) is 103 cm³/mol. The molecule has 0 bridgehead atoms. The molecule has 0 aliphatic rings. The number of unbranched alkanes of at least 4 members (excludes halogenated alkanes) is 13. The third-order valence-corrected chi connectivity index (χ3v) is 4.25. The summed E-state index contributed by atoms with van der Waals surface area (Å²) in [6, 6.07) is 0. The fourth-order valence-corrected chi connectivity index (χ4v) is 2.69. The molecule has 3 heteroatoms. The van der Waals surface area contributed by atoms with Crippen LogP contribution in [0, 0.1) is 0 Å². The molecule has 0 radical (unpaired) electrons. The molecular formula is C20H41KO2. The number of ether oxygens (including phenoxy) is 1. The monoisotopic (exact) mass is 352 g/mol. The molecule has 0 aliphatic carbocycles. The van der Waals surface area contributed by atoms with Crippen molar-refractivity contribution < 1.29 is 9.53 Å². The maximum absolute atomic E-state index is 11.4. The van der Waals surface area contributed by atoms with Gasteiger partial charge >= 0.3 is 57.4 Å². The minimum atomic E-state index is -0.00322. The summed E-state index contributed by atoms with van der Waals surface area (Å²) in [6.07, 6.45) is 20.1. The molecule has 0 aromatic carbocycles. The first kappa shape index (κ1) is 26.3. The van der Waals surface area contributed by atoms with E-state index in [1.165, 1.54) is 77.0 Å². The molecule has 0 aliphatic heterocycles. The molecule has 0 saturated heterocycles. The summed E-state index contributed by atoms with van der Waals surface area (Å²) in [4.78, 5) is 11.4. The van der Waals surface area contributed by atoms with Crippen LogP contribution in [0.1, 0.15) is 117 Å². The molecule has 23 heavy (non-hydrogen) atoms. The summed E-state index contributed by atoms with van der Waals surface area (Å²) >= 11 is 0. The Bertz CT molecular complexity index is 232. The summed E-state index contributed by atoms with van der Waals surface area (Å²) in [7, 11) is 0. The van der Waals surface area contributed by atoms with E-state index < -0.39 is 0 Å². The van der Waals surface area contributed by atoms with Gasteiger partial charge in [0.25, 0.3) is 0 Å². The number of hydrogen-bond donors (Lipinski definition) is 0. The van der Waals surface area contributed by atoms with Gasteiger partial charge in [-0.2, -0.15) is 0 Å². The Morgan fingerprint density at radius 2 is 1.00 bits per heavy atom. The standard InChI is InChI=1S/C20H40O2.K.H/c1-3-5-7-8-9-10-11-12-13-14-15-16-17-18-20(21)22-19-6-4-2;;/h3-19H2,1-2H3;;. The van der Waals surface area contributed by atoms with Crippen LogP contribution in [0.2, 0.25) is 0 Å². The number of carbonyl (C=O) groups excluding carboxylic acids is 1. The summed E-state index contributed by atoms with van der Waals surface area (Å²) in [5, 5.41) is 0. The number of rotatable bonds is 17. The fraction of sp³-hybridized carbons (Fsp3) is 0.950. The summed E-state index contributed by atoms with van der Waals surface area (Å²) in [5.74, 6) is -0.00322. The Balaban J connectivity index is 0. The predicted octanol–water partition coefficient (Wildman–Crippen LogP) is 6.16. The van der Waals surface area contributed by atoms with Crippen LogP contribution in [0.5, 0.6) is 0 Å². The number of hydrogen-bond acceptors (Lipinski definition) is 2. The maximum atomic E-state index is 11.4. The van der Waals surface area contributed by atoms with Crippen LogP contribution in [-0.4, -0.2) is 64.0 Å². The number of carbonyl (C=O) groups is 1. The van der Waals surface area contributed by atoms with E-state index in [9.17, 15) is 4.79 Å². The van der Waals surface area contributed by atoms with E-state index >= 15 is 0 Å². The van der Waals surface area contributed by atoms with Gasteiger partial charge in [-0.15, -0.1) is 0 Å². The zero-order valence-electron chi connectivity index (χ0n) is 15.3. The van der Waals surface area contributed by atoms with Crippen molar-refractivity contribution in [2.45, 2.75) is 117 Å². The van der Waals surface area contributed by atoms with Crippen molar-refractivity contribution in [3.63, 3.8) is 0 Å². The van der Waals surface area contributed by atoms with Crippen LogP contribution in [-0.2, 0) is 9.53 Å². The molecule has 0 aromatic rings. The quantitative estimate of drug-likeness (QED) is 0.178. The topological polar surface area (TPSA) is 26.3 Å². The van der Waals surface area contributed by atoms with E-state index in [0.717, 1.165) is 19.3 Å². The van der Waals surface area contributed by atoms with Gasteiger partial charge < -0.3 is 4.74 Å². The first-order chi connectivity index (χ1) is 10.8. The van der Waals surface area contributed by atoms with Gasteiger partial charge in [-0.1, -0.05) is 97.3 Å². The molecule has 0 atom stereocenters. The molecule has 0 fully saturated rings. The molecule has 0 amide bonds. The Morgan fingerprint density at radius 1 is 0.609 bits per heavy atom. The van der Waals surface area contributed by atoms with Gasteiger partial charge in [-0.3, -0.25) is 4.79 Å². The molecule has 0 spiro atoms. The molecule has 0 aromatic heterocycles. The van der Waals surface area contributed by atoms with Crippen molar-refractivity contribution in [1.29, 1.82) is 0 Å². The first-order valence-corrected chi connectivity index (χ1v) is 9.96. The first-order valence-electron chi connectivity index (χ1n) is 9.96. The second-order valence-corrected chi connectivity index (χ2v) is 6.57. The van der Waals surface area contributed by atoms with Crippen molar-refractivity contribution in [1.82, 2.24) is 0 Å². The van der Waals surface area contributed by atoms with Gasteiger partial charge in [0.1, 0.15) is 0 Å². The molecule has 0 heterocycles. The molecule has 0 unspecified atom stereocenters. The van der Waals surface area contributed by atoms with Gasteiger partial charge in [0.2, 0.25) is 0 Å². The molecule has 0 rings (SSSR count). The van der Waals surface area contributed by atoms with Crippen molar-refractivity contribution in [3.05, 3.63) is 0 Å². The Kier molecular flexibility index (Phi) is 26.5. The fourth-order valence-electron chi connectivity index (χ4n) is 2.69. The van der Waals surface area contributed by atoms with E-state index in [0.29, 0.717) is 13.0 Å². The molecule has 0 N–H and O–H groups in total. The van der Waals surface area contributed by atoms with E-state index in [-0.39, 0.29) is 57.4 Å². The van der Waals surface area contributed by atoms with E-state index in [2.05, 4.69) is 13.8 Å². The molecule has 0 saturated carbocycles. The zero-order valence-corrected chi connectivity index (χ0v) is 15.3. The molecule has 2 nitrogen and oxygen atoms in total. The van der Waals surface area contributed by atoms with Crippen LogP contribution in [0.15, 0.2) is 0 Å². The van der Waals surface area contributed by atoms with Crippen LogP contribution in [0.4, 0.5) is 0 Å². The summed E-state index contributed by atoms with van der Waals surface area (Å²) < 4.78 is 5.15. The van der Waals surface area contributed by atoms with Gasteiger partial charge in [0.05, 0.1) is 6.61 Å². The van der Waals surface area contributed by atoms with Crippen molar-refractivity contribution in [3.8, 4) is 0 Å². The number of esters is 1. The van der Waals surface area contributed by atoms with E-state index in [4.69, 9.17) is 4.74 Å². The average molecular weight is 353 g/mol. The van der Waals surface area contributed by atoms with Gasteiger partial charge in [-0.05, 0) is 12.8 Å². The van der Waals surface area contributed by atoms with E-state index in [1.807, 2.05) is 0 Å². The Labute approximate surface area is 188 Å². The SMILES string of the molecule is CCCCCCCCCCCCCCCC(=O)OCCCC.[KH]. The summed E-state index contributed by atoms with van der Waals surface area (Å²) in [6.45, 7) is 4.99. The third kappa shape index (κ3) is 23.1. The van der Waals surface area contributed by atoms with Crippen molar-refractivity contribution in [2.75, 3.05) is 6.61 Å². The van der Waals surface area contributed by atoms with Crippen LogP contribution in [0.3, 0.4) is 0 Å². The second kappa shape index (κ2) is 23.1. The second-order valence-electron chi connectivity index (χ2n) is 6.57. The van der Waals surface area contributed by atoms with Crippen LogP contribution in [0.25, 0.3) is 0 Å². The van der Waals surface area contributed by atoms with Gasteiger partial charge in [0.15, 0.2) is 0 Å². The zero-order chi connectivity index (χ0) is 16.3. The Hall–Kier alpha value is 1.11.